The van der Waals surface area contributed by atoms with Gasteiger partial charge in [0.1, 0.15) is 0 Å². The van der Waals surface area contributed by atoms with Gasteiger partial charge in [0.25, 0.3) is 0 Å². The first-order chi connectivity index (χ1) is 15.1. The average molecular weight is 600 g/mol. The Bertz CT molecular complexity index is 1030. The standard InChI is InChI=1S/C26H30N3.2BrH.Fe/c1-15-11-17(3)25(18(4)12-15)27-21(7)23-9-10-24(29-23)22(8)28-26-19(5)13-16(2)14-20(26)6;;;/h9-14H,1-8H3;2*1H;/q-1;;;+3/p-2. The molecule has 3 nitrogen and oxygen atoms in total. The molecule has 0 fully saturated rings. The van der Waals surface area contributed by atoms with Gasteiger partial charge in [-0.15, -0.1) is 11.4 Å². The summed E-state index contributed by atoms with van der Waals surface area (Å²) in [6.45, 7) is 16.7. The SMILES string of the molecule is CC(=Nc1c(C)cc(C)cc1C)c1ccc(C(C)=Nc2c(C)cc(C)cc2C)[n-]1.[Br][Fe+][Br]. The number of rotatable bonds is 4. The molecule has 0 amide bonds. The molecule has 1 heterocycles. The molecule has 0 unspecified atom stereocenters. The number of hydrogen-bond acceptors (Lipinski definition) is 2. The van der Waals surface area contributed by atoms with Gasteiger partial charge in [0, 0.05) is 11.4 Å². The van der Waals surface area contributed by atoms with Gasteiger partial charge in [-0.3, -0.25) is 9.98 Å². The van der Waals surface area contributed by atoms with E-state index in [0.717, 1.165) is 45.5 Å². The average Bonchev–Trinajstić information content (AvgIpc) is 3.18. The van der Waals surface area contributed by atoms with Crippen LogP contribution in [0.5, 0.6) is 0 Å². The number of halogens is 2. The third-order valence-electron chi connectivity index (χ3n) is 5.21. The van der Waals surface area contributed by atoms with Crippen LogP contribution in [0.1, 0.15) is 58.6 Å². The Morgan fingerprint density at radius 1 is 0.656 bits per heavy atom. The van der Waals surface area contributed by atoms with E-state index in [2.05, 4.69) is 94.0 Å². The molecule has 6 heteroatoms. The third-order valence-corrected chi connectivity index (χ3v) is 5.21. The van der Waals surface area contributed by atoms with E-state index in [1.165, 1.54) is 33.4 Å². The zero-order valence-corrected chi connectivity index (χ0v) is 24.2. The molecule has 0 aliphatic heterocycles. The van der Waals surface area contributed by atoms with Crippen LogP contribution in [0, 0.1) is 41.5 Å². The van der Waals surface area contributed by atoms with Gasteiger partial charge < -0.3 is 4.98 Å². The molecule has 171 valence electrons. The molecule has 0 bridgehead atoms. The first-order valence-corrected chi connectivity index (χ1v) is 15.8. The van der Waals surface area contributed by atoms with Crippen molar-refractivity contribution in [1.29, 1.82) is 0 Å². The Morgan fingerprint density at radius 2 is 0.938 bits per heavy atom. The van der Waals surface area contributed by atoms with E-state index in [-0.39, 0.29) is 0 Å². The first-order valence-electron chi connectivity index (χ1n) is 10.3. The van der Waals surface area contributed by atoms with E-state index < -0.39 is 0 Å². The van der Waals surface area contributed by atoms with Gasteiger partial charge in [-0.2, -0.15) is 0 Å². The number of hydrogen-bond donors (Lipinski definition) is 0. The van der Waals surface area contributed by atoms with E-state index in [9.17, 15) is 0 Å². The van der Waals surface area contributed by atoms with Crippen LogP contribution < -0.4 is 4.98 Å². The summed E-state index contributed by atoms with van der Waals surface area (Å²) in [5.74, 6) is 0. The van der Waals surface area contributed by atoms with Crippen molar-refractivity contribution in [1.82, 2.24) is 4.98 Å². The maximum absolute atomic E-state index is 4.88. The molecule has 3 rings (SSSR count). The number of nitrogens with zero attached hydrogens (tertiary/aromatic N) is 3. The molecular formula is C26H30Br2FeN3. The van der Waals surface area contributed by atoms with Gasteiger partial charge in [-0.05, 0) is 77.6 Å². The predicted molar refractivity (Wildman–Crippen MR) is 143 cm³/mol. The Kier molecular flexibility index (Phi) is 10.2. The summed E-state index contributed by atoms with van der Waals surface area (Å²) in [6, 6.07) is 12.7. The summed E-state index contributed by atoms with van der Waals surface area (Å²) in [5.41, 5.74) is 13.0. The Balaban J connectivity index is 0.00000114. The molecular weight excluding hydrogens is 570 g/mol. The topological polar surface area (TPSA) is 38.8 Å². The van der Waals surface area contributed by atoms with Gasteiger partial charge in [0.15, 0.2) is 0 Å². The second kappa shape index (κ2) is 12.1. The fourth-order valence-corrected chi connectivity index (χ4v) is 3.91. The van der Waals surface area contributed by atoms with Gasteiger partial charge >= 0.3 is 39.6 Å². The summed E-state index contributed by atoms with van der Waals surface area (Å²) in [7, 11) is 0. The van der Waals surface area contributed by atoms with E-state index >= 15 is 0 Å². The first kappa shape index (κ1) is 26.8. The molecule has 1 aromatic heterocycles. The Hall–Kier alpha value is -1.46. The fourth-order valence-electron chi connectivity index (χ4n) is 3.91. The summed E-state index contributed by atoms with van der Waals surface area (Å²) in [5, 5.41) is 0. The summed E-state index contributed by atoms with van der Waals surface area (Å²) < 4.78 is 0. The van der Waals surface area contributed by atoms with Crippen LogP contribution in [-0.2, 0) is 11.3 Å². The van der Waals surface area contributed by atoms with Crippen LogP contribution in [0.4, 0.5) is 11.4 Å². The van der Waals surface area contributed by atoms with Crippen molar-refractivity contribution in [3.8, 4) is 0 Å². The molecule has 0 saturated heterocycles. The number of aryl methyl sites for hydroxylation is 6. The molecule has 0 radical (unpaired) electrons. The zero-order chi connectivity index (χ0) is 24.0. The quantitative estimate of drug-likeness (QED) is 0.219. The van der Waals surface area contributed by atoms with Crippen molar-refractivity contribution >= 4 is 51.0 Å². The van der Waals surface area contributed by atoms with Crippen molar-refractivity contribution < 1.29 is 11.3 Å². The Morgan fingerprint density at radius 3 is 1.22 bits per heavy atom. The molecule has 0 aliphatic rings. The second-order valence-corrected chi connectivity index (χ2v) is 13.7. The van der Waals surface area contributed by atoms with Crippen LogP contribution in [0.2, 0.25) is 0 Å². The van der Waals surface area contributed by atoms with Crippen LogP contribution in [-0.4, -0.2) is 11.4 Å². The minimum atomic E-state index is 0.875. The Labute approximate surface area is 212 Å². The van der Waals surface area contributed by atoms with E-state index in [1.54, 1.807) is 0 Å². The van der Waals surface area contributed by atoms with Gasteiger partial charge in [0.2, 0.25) is 0 Å². The van der Waals surface area contributed by atoms with E-state index in [0.29, 0.717) is 0 Å². The van der Waals surface area contributed by atoms with Crippen LogP contribution in [0.3, 0.4) is 0 Å². The van der Waals surface area contributed by atoms with Crippen molar-refractivity contribution in [3.05, 3.63) is 81.2 Å². The number of benzene rings is 2. The number of aromatic nitrogens is 1. The summed E-state index contributed by atoms with van der Waals surface area (Å²) in [6.07, 6.45) is 0. The maximum atomic E-state index is 4.88. The molecule has 0 atom stereocenters. The molecule has 3 aromatic rings. The monoisotopic (exact) mass is 598 g/mol. The van der Waals surface area contributed by atoms with Gasteiger partial charge in [-0.1, -0.05) is 47.5 Å². The molecule has 0 spiro atoms. The van der Waals surface area contributed by atoms with Crippen LogP contribution in [0.15, 0.2) is 46.4 Å². The number of aliphatic imine (C=N–C) groups is 2. The molecule has 0 N–H and O–H groups in total. The predicted octanol–water partition coefficient (Wildman–Crippen LogP) is 8.46. The molecule has 0 saturated carbocycles. The van der Waals surface area contributed by atoms with Gasteiger partial charge in [-0.25, -0.2) is 0 Å². The second-order valence-electron chi connectivity index (χ2n) is 8.16. The van der Waals surface area contributed by atoms with Crippen molar-refractivity contribution in [2.24, 2.45) is 9.98 Å². The summed E-state index contributed by atoms with van der Waals surface area (Å²) >= 11 is 7.00. The summed E-state index contributed by atoms with van der Waals surface area (Å²) in [4.78, 5) is 14.6. The molecule has 32 heavy (non-hydrogen) atoms. The van der Waals surface area contributed by atoms with Crippen LogP contribution in [0.25, 0.3) is 0 Å². The van der Waals surface area contributed by atoms with Crippen LogP contribution >= 0.6 is 28.2 Å². The van der Waals surface area contributed by atoms with Crippen molar-refractivity contribution in [3.63, 3.8) is 0 Å². The van der Waals surface area contributed by atoms with Gasteiger partial charge in [0.05, 0.1) is 11.4 Å². The minimum absolute atomic E-state index is 0.875. The van der Waals surface area contributed by atoms with Crippen molar-refractivity contribution in [2.75, 3.05) is 0 Å². The third kappa shape index (κ3) is 7.02. The normalized spacial score (nSPS) is 11.9. The van der Waals surface area contributed by atoms with Crippen molar-refractivity contribution in [2.45, 2.75) is 55.4 Å². The fraction of sp³-hybridized carbons (Fsp3) is 0.308. The van der Waals surface area contributed by atoms with E-state index in [4.69, 9.17) is 15.0 Å². The molecule has 2 aromatic carbocycles. The zero-order valence-electron chi connectivity index (χ0n) is 19.9. The van der Waals surface area contributed by atoms with E-state index in [1.807, 2.05) is 26.0 Å². The molecule has 0 aliphatic carbocycles.